The van der Waals surface area contributed by atoms with Gasteiger partial charge in [0, 0.05) is 57.8 Å². The molecule has 71 heavy (non-hydrogen) atoms. The Labute approximate surface area is 528 Å². The maximum atomic E-state index is 13.0. The first-order valence-corrected chi connectivity index (χ1v) is 29.6. The van der Waals surface area contributed by atoms with Crippen LogP contribution in [0.3, 0.4) is 0 Å². The van der Waals surface area contributed by atoms with Crippen molar-refractivity contribution < 1.29 is 87.9 Å². The summed E-state index contributed by atoms with van der Waals surface area (Å²) in [5.74, 6) is -5.39. The third kappa shape index (κ3) is 22.3. The first-order valence-electron chi connectivity index (χ1n) is 19.9. The van der Waals surface area contributed by atoms with Crippen molar-refractivity contribution in [3.63, 3.8) is 0 Å². The number of esters is 4. The Kier molecular flexibility index (Phi) is 33.8. The van der Waals surface area contributed by atoms with Gasteiger partial charge in [-0.2, -0.15) is 0 Å². The molecule has 0 heterocycles. The summed E-state index contributed by atoms with van der Waals surface area (Å²) in [6.45, 7) is -4.02. The van der Waals surface area contributed by atoms with Crippen LogP contribution >= 0.6 is 203 Å². The van der Waals surface area contributed by atoms with Crippen molar-refractivity contribution in [3.05, 3.63) is 84.2 Å². The van der Waals surface area contributed by atoms with Gasteiger partial charge in [0.25, 0.3) is 17.7 Å². The topological polar surface area (TPSA) is 323 Å². The Morgan fingerprint density at radius 3 is 1.07 bits per heavy atom. The molecule has 0 spiro atoms. The first kappa shape index (κ1) is 67.3. The zero-order valence-corrected chi connectivity index (χ0v) is 55.6. The van der Waals surface area contributed by atoms with Crippen LogP contribution in [0.5, 0.6) is 0 Å². The van der Waals surface area contributed by atoms with Gasteiger partial charge >= 0.3 is 23.9 Å². The van der Waals surface area contributed by atoms with E-state index < -0.39 is 99.2 Å². The number of carbonyl (C=O) groups is 7. The lowest BCUT2D eigenvalue weighted by molar-refractivity contribution is -0.150. The molecule has 30 heteroatoms. The molecule has 3 rings (SSSR count). The Morgan fingerprint density at radius 2 is 0.761 bits per heavy atom. The number of benzene rings is 3. The highest BCUT2D eigenvalue weighted by Crippen LogP contribution is 2.33. The summed E-state index contributed by atoms with van der Waals surface area (Å²) >= 11 is 17.8. The molecular weight excluding hydrogens is 1960 g/mol. The quantitative estimate of drug-likeness (QED) is 0.0254. The number of amides is 3. The molecule has 0 fully saturated rings. The lowest BCUT2D eigenvalue weighted by atomic mass is 10.0. The molecule has 3 aromatic rings. The third-order valence-corrected chi connectivity index (χ3v) is 16.5. The van der Waals surface area contributed by atoms with Crippen molar-refractivity contribution in [3.8, 4) is 0 Å². The van der Waals surface area contributed by atoms with Crippen molar-refractivity contribution in [1.82, 2.24) is 16.0 Å². The van der Waals surface area contributed by atoms with Crippen molar-refractivity contribution in [2.75, 3.05) is 85.8 Å². The molecular formula is C41H42I9N3O18. The smallest absolute Gasteiger partial charge is 0.344 e. The Bertz CT molecular complexity index is 2180. The molecule has 0 aliphatic rings. The largest absolute Gasteiger partial charge is 0.461 e. The Morgan fingerprint density at radius 1 is 0.437 bits per heavy atom. The first-order chi connectivity index (χ1) is 33.6. The average molecular weight is 2010 g/mol. The maximum absolute atomic E-state index is 13.0. The lowest BCUT2D eigenvalue weighted by Gasteiger charge is -2.22. The van der Waals surface area contributed by atoms with E-state index >= 15 is 0 Å². The fourth-order valence-electron chi connectivity index (χ4n) is 5.07. The number of ether oxygens (including phenoxy) is 5. The zero-order chi connectivity index (χ0) is 53.5. The van der Waals surface area contributed by atoms with E-state index in [1.807, 2.05) is 115 Å². The lowest BCUT2D eigenvalue weighted by Crippen LogP contribution is -2.43. The normalized spacial score (nSPS) is 10.9. The summed E-state index contributed by atoms with van der Waals surface area (Å²) in [7, 11) is 0. The molecule has 0 saturated heterocycles. The Balaban J connectivity index is 0.000000489. The number of halogens is 9. The van der Waals surface area contributed by atoms with Gasteiger partial charge in [0.05, 0.1) is 79.5 Å². The van der Waals surface area contributed by atoms with Crippen LogP contribution in [0, 0.1) is 38.0 Å². The molecule has 0 aromatic heterocycles. The Hall–Kier alpha value is 0.240. The van der Waals surface area contributed by atoms with Crippen LogP contribution in [0.25, 0.3) is 0 Å². The summed E-state index contributed by atoms with van der Waals surface area (Å²) in [6, 6.07) is 5.40. The van der Waals surface area contributed by atoms with E-state index in [1.165, 1.54) is 0 Å². The molecule has 0 bridgehead atoms. The summed E-state index contributed by atoms with van der Waals surface area (Å²) in [6.07, 6.45) is 0. The van der Waals surface area contributed by atoms with Gasteiger partial charge in [-0.05, 0) is 228 Å². The molecule has 0 aliphatic heterocycles. The standard InChI is InChI=1S/C22H16I6O9.C19H26I3N3O9/c23-11-5-13(25)19(14(26)6-11)21(31)36-9-17(29)34-3-1-33-2-4-35-18(30)10-37-22(32)20-15(27)7-12(24)8-16(20)28;20-14-11(17(32)23-1-8(2-26)3-27)15(21)13(19(34)25-10(6-30)7-31)16(22)12(14)18(33)24-9(4-28)5-29/h5-8H,1-4,9-10H2;8-10,26-31H,1-7H2,(H,23,32)(H,24,33)(H,25,34). The fraction of sp³-hybridized carbons (Fsp3) is 0.390. The van der Waals surface area contributed by atoms with E-state index in [1.54, 1.807) is 67.8 Å². The van der Waals surface area contributed by atoms with Crippen molar-refractivity contribution in [2.24, 2.45) is 5.92 Å². The number of aliphatic hydroxyl groups is 6. The van der Waals surface area contributed by atoms with Gasteiger partial charge in [-0.3, -0.25) is 14.4 Å². The summed E-state index contributed by atoms with van der Waals surface area (Å²) in [5.41, 5.74) is 0.701. The van der Waals surface area contributed by atoms with Gasteiger partial charge in [-0.1, -0.05) is 0 Å². The SMILES string of the molecule is O=C(COC(=O)c1c(I)cc(I)cc1I)OCCOCCOC(=O)COC(=O)c1c(I)cc(I)cc1I.O=C(NCC(CO)CO)c1c(I)c(C(=O)NC(CO)CO)c(I)c(C(=O)NC(CO)CO)c1I. The predicted molar refractivity (Wildman–Crippen MR) is 328 cm³/mol. The molecule has 9 N–H and O–H groups in total. The van der Waals surface area contributed by atoms with Crippen molar-refractivity contribution in [1.29, 1.82) is 0 Å². The van der Waals surface area contributed by atoms with Crippen LogP contribution in [-0.2, 0) is 33.3 Å². The average Bonchev–Trinajstić information content (AvgIpc) is 3.30. The van der Waals surface area contributed by atoms with Crippen LogP contribution in [0.1, 0.15) is 51.8 Å². The van der Waals surface area contributed by atoms with Gasteiger partial charge in [0.1, 0.15) is 13.2 Å². The predicted octanol–water partition coefficient (Wildman–Crippen LogP) is 3.43. The molecule has 0 saturated carbocycles. The minimum absolute atomic E-state index is 0.0133. The zero-order valence-electron chi connectivity index (χ0n) is 36.2. The van der Waals surface area contributed by atoms with E-state index in [0.717, 1.165) is 21.4 Å². The second kappa shape index (κ2) is 35.6. The number of carbonyl (C=O) groups excluding carboxylic acids is 7. The highest BCUT2D eigenvalue weighted by atomic mass is 127. The number of hydrogen-bond acceptors (Lipinski definition) is 18. The van der Waals surface area contributed by atoms with Gasteiger partial charge in [0.15, 0.2) is 13.2 Å². The van der Waals surface area contributed by atoms with E-state index in [4.69, 9.17) is 23.7 Å². The highest BCUT2D eigenvalue weighted by molar-refractivity contribution is 14.1. The van der Waals surface area contributed by atoms with Gasteiger partial charge in [-0.15, -0.1) is 0 Å². The maximum Gasteiger partial charge on any atom is 0.344 e. The summed E-state index contributed by atoms with van der Waals surface area (Å²) in [4.78, 5) is 87.2. The fourth-order valence-corrected chi connectivity index (χ4v) is 17.8. The number of rotatable bonds is 25. The number of nitrogens with one attached hydrogen (secondary N) is 3. The minimum Gasteiger partial charge on any atom is -0.461 e. The van der Waals surface area contributed by atoms with Gasteiger partial charge in [0.2, 0.25) is 0 Å². The van der Waals surface area contributed by atoms with Crippen LogP contribution in [0.2, 0.25) is 0 Å². The molecule has 3 aromatic carbocycles. The van der Waals surface area contributed by atoms with E-state index in [0.29, 0.717) is 11.1 Å². The second-order valence-corrected chi connectivity index (χ2v) is 24.1. The monoisotopic (exact) mass is 2010 g/mol. The van der Waals surface area contributed by atoms with Crippen molar-refractivity contribution >= 4 is 245 Å². The molecule has 392 valence electrons. The molecule has 0 unspecified atom stereocenters. The van der Waals surface area contributed by atoms with Gasteiger partial charge < -0.3 is 70.3 Å². The molecule has 0 atom stereocenters. The van der Waals surface area contributed by atoms with E-state index in [-0.39, 0.29) is 73.6 Å². The summed E-state index contributed by atoms with van der Waals surface area (Å²) < 4.78 is 30.7. The van der Waals surface area contributed by atoms with Gasteiger partial charge in [-0.25, -0.2) is 19.2 Å². The van der Waals surface area contributed by atoms with Crippen LogP contribution in [0.15, 0.2) is 24.3 Å². The summed E-state index contributed by atoms with van der Waals surface area (Å²) in [5, 5.41) is 63.2. The number of hydrogen-bond donors (Lipinski definition) is 9. The van der Waals surface area contributed by atoms with Crippen LogP contribution < -0.4 is 16.0 Å². The molecule has 21 nitrogen and oxygen atoms in total. The van der Waals surface area contributed by atoms with E-state index in [2.05, 4.69) is 61.1 Å². The molecule has 0 radical (unpaired) electrons. The molecule has 0 aliphatic carbocycles. The minimum atomic E-state index is -0.976. The molecule has 3 amide bonds. The van der Waals surface area contributed by atoms with Crippen molar-refractivity contribution in [2.45, 2.75) is 12.1 Å². The highest BCUT2D eigenvalue weighted by Gasteiger charge is 2.32. The number of aliphatic hydroxyl groups excluding tert-OH is 6. The van der Waals surface area contributed by atoms with Crippen LogP contribution in [0.4, 0.5) is 0 Å². The second-order valence-electron chi connectivity index (χ2n) is 13.8. The third-order valence-electron chi connectivity index (χ3n) is 8.66. The van der Waals surface area contributed by atoms with E-state index in [9.17, 15) is 64.2 Å². The van der Waals surface area contributed by atoms with Crippen LogP contribution in [-0.4, -0.2) is 170 Å².